The van der Waals surface area contributed by atoms with Crippen LogP contribution >= 0.6 is 0 Å². The van der Waals surface area contributed by atoms with Gasteiger partial charge in [-0.3, -0.25) is 14.1 Å². The summed E-state index contributed by atoms with van der Waals surface area (Å²) in [5.41, 5.74) is 0.320. The summed E-state index contributed by atoms with van der Waals surface area (Å²) < 4.78 is 69.7. The largest absolute Gasteiger partial charge is 0.417 e. The summed E-state index contributed by atoms with van der Waals surface area (Å²) in [7, 11) is -0.374. The van der Waals surface area contributed by atoms with Crippen LogP contribution in [0.5, 0.6) is 0 Å². The summed E-state index contributed by atoms with van der Waals surface area (Å²) in [5, 5.41) is 3.85. The second kappa shape index (κ2) is 12.3. The molecule has 2 aromatic rings. The zero-order chi connectivity index (χ0) is 31.8. The third-order valence-electron chi connectivity index (χ3n) is 8.11. The van der Waals surface area contributed by atoms with Crippen molar-refractivity contribution >= 4 is 27.8 Å². The molecule has 2 N–H and O–H groups in total. The summed E-state index contributed by atoms with van der Waals surface area (Å²) in [6.07, 6.45) is 2.28. The van der Waals surface area contributed by atoms with Gasteiger partial charge in [-0.1, -0.05) is 12.1 Å². The summed E-state index contributed by atoms with van der Waals surface area (Å²) in [6, 6.07) is 6.31. The Balaban J connectivity index is 1.40. The Morgan fingerprint density at radius 2 is 1.80 bits per heavy atom. The second-order valence-electron chi connectivity index (χ2n) is 11.7. The van der Waals surface area contributed by atoms with E-state index in [9.17, 15) is 26.4 Å². The Bertz CT molecular complexity index is 1820. The minimum Gasteiger partial charge on any atom is -0.352 e. The first-order chi connectivity index (χ1) is 20.7. The van der Waals surface area contributed by atoms with Crippen molar-refractivity contribution in [3.63, 3.8) is 0 Å². The smallest absolute Gasteiger partial charge is 0.352 e. The molecule has 1 aliphatic carbocycles. The molecule has 236 valence electrons. The Labute approximate surface area is 253 Å². The third-order valence-corrected chi connectivity index (χ3v) is 9.53. The molecule has 44 heavy (non-hydrogen) atoms. The van der Waals surface area contributed by atoms with Gasteiger partial charge < -0.3 is 10.2 Å². The average Bonchev–Trinajstić information content (AvgIpc) is 2.97. The Hall–Kier alpha value is -3.78. The van der Waals surface area contributed by atoms with Crippen molar-refractivity contribution in [3.8, 4) is 0 Å². The van der Waals surface area contributed by atoms with Crippen LogP contribution < -0.4 is 26.3 Å². The fraction of sp³-hybridized carbons (Fsp3) is 0.467. The maximum Gasteiger partial charge on any atom is 0.417 e. The van der Waals surface area contributed by atoms with Crippen molar-refractivity contribution in [1.29, 1.82) is 0 Å². The zero-order valence-electron chi connectivity index (χ0n) is 25.0. The molecular formula is C30H36F3N7O3S. The molecule has 1 aromatic carbocycles. The lowest BCUT2D eigenvalue weighted by Gasteiger charge is -2.33. The number of rotatable bonds is 6. The molecule has 2 aliphatic heterocycles. The fourth-order valence-corrected chi connectivity index (χ4v) is 7.01. The maximum atomic E-state index is 13.7. The van der Waals surface area contributed by atoms with Gasteiger partial charge in [0.2, 0.25) is 5.96 Å². The Morgan fingerprint density at radius 3 is 2.41 bits per heavy atom. The number of halogens is 3. The van der Waals surface area contributed by atoms with Crippen molar-refractivity contribution < 1.29 is 21.6 Å². The number of nitrogens with one attached hydrogen (secondary N) is 2. The monoisotopic (exact) mass is 631 g/mol. The van der Waals surface area contributed by atoms with Gasteiger partial charge in [-0.25, -0.2) is 18.4 Å². The minimum absolute atomic E-state index is 0.136. The molecule has 0 bridgehead atoms. The highest BCUT2D eigenvalue weighted by Gasteiger charge is 2.37. The molecule has 5 rings (SSSR count). The second-order valence-corrected chi connectivity index (χ2v) is 13.4. The van der Waals surface area contributed by atoms with E-state index in [0.29, 0.717) is 40.9 Å². The van der Waals surface area contributed by atoms with Crippen molar-refractivity contribution in [2.45, 2.75) is 81.7 Å². The summed E-state index contributed by atoms with van der Waals surface area (Å²) in [5.74, 6) is 0.383. The summed E-state index contributed by atoms with van der Waals surface area (Å²) >= 11 is 0. The number of pyridine rings is 1. The number of aliphatic imine (C=N–C) groups is 2. The first-order valence-corrected chi connectivity index (χ1v) is 16.0. The van der Waals surface area contributed by atoms with Crippen LogP contribution in [0.15, 0.2) is 66.9 Å². The van der Waals surface area contributed by atoms with Crippen LogP contribution in [0.1, 0.15) is 63.1 Å². The fourth-order valence-electron chi connectivity index (χ4n) is 5.76. The van der Waals surface area contributed by atoms with E-state index in [1.807, 2.05) is 13.8 Å². The van der Waals surface area contributed by atoms with Gasteiger partial charge in [0.25, 0.3) is 15.6 Å². The molecule has 1 fully saturated rings. The van der Waals surface area contributed by atoms with Gasteiger partial charge in [-0.2, -0.15) is 18.2 Å². The van der Waals surface area contributed by atoms with E-state index in [1.54, 1.807) is 10.6 Å². The Morgan fingerprint density at radius 1 is 1.09 bits per heavy atom. The van der Waals surface area contributed by atoms with Crippen LogP contribution in [-0.4, -0.2) is 56.2 Å². The molecule has 0 spiro atoms. The van der Waals surface area contributed by atoms with E-state index in [0.717, 1.165) is 43.4 Å². The molecule has 0 amide bonds. The van der Waals surface area contributed by atoms with Crippen LogP contribution in [0.25, 0.3) is 5.57 Å². The molecule has 0 radical (unpaired) electrons. The number of nitrogens with zero attached hydrogens (tertiary/aromatic N) is 5. The predicted octanol–water partition coefficient (Wildman–Crippen LogP) is 2.84. The number of allylic oxidation sites excluding steroid dienone is 1. The van der Waals surface area contributed by atoms with E-state index < -0.39 is 26.7 Å². The molecule has 0 atom stereocenters. The number of hydrogen-bond donors (Lipinski definition) is 2. The molecule has 14 heteroatoms. The number of benzene rings is 1. The van der Waals surface area contributed by atoms with E-state index in [1.165, 1.54) is 18.4 Å². The highest BCUT2D eigenvalue weighted by molar-refractivity contribution is 7.89. The summed E-state index contributed by atoms with van der Waals surface area (Å²) in [4.78, 5) is 28.6. The van der Waals surface area contributed by atoms with Crippen LogP contribution in [0.4, 0.5) is 13.2 Å². The SMILES string of the molecule is CC(C)n1c2c(cc(=C3C=NC(NS(=O)(=O)c4ccccc4C(F)(F)F)=CC3)c1=O)CN=C(NC1CCC(N(C)C)CC1)N=2. The standard InChI is InChI=1S/C30H36F3N7O3S/c1-18(2)40-27-20(17-35-29(37-27)36-21-10-12-22(13-11-21)39(3)4)15-23(28(40)41)19-9-14-26(34-16-19)38-44(42,43)25-8-6-5-7-24(25)30(31,32)33/h5-8,14-16,18,21-22,38H,9-13,17H2,1-4H3,(H,35,36). The quantitative estimate of drug-likeness (QED) is 0.508. The number of guanidine groups is 1. The van der Waals surface area contributed by atoms with Crippen LogP contribution in [0.2, 0.25) is 0 Å². The number of hydrogen-bond acceptors (Lipinski definition) is 8. The van der Waals surface area contributed by atoms with Gasteiger partial charge in [0.15, 0.2) is 0 Å². The normalized spacial score (nSPS) is 21.8. The van der Waals surface area contributed by atoms with E-state index >= 15 is 0 Å². The molecule has 1 aromatic heterocycles. The molecule has 10 nitrogen and oxygen atoms in total. The van der Waals surface area contributed by atoms with Crippen molar-refractivity contribution in [2.75, 3.05) is 14.1 Å². The zero-order valence-corrected chi connectivity index (χ0v) is 25.8. The Kier molecular flexibility index (Phi) is 8.85. The van der Waals surface area contributed by atoms with Crippen molar-refractivity contribution in [2.24, 2.45) is 15.0 Å². The first-order valence-electron chi connectivity index (χ1n) is 14.5. The van der Waals surface area contributed by atoms with Gasteiger partial charge in [-0.15, -0.1) is 0 Å². The minimum atomic E-state index is -4.85. The molecular weight excluding hydrogens is 595 g/mol. The number of alkyl halides is 3. The number of fused-ring (bicyclic) bond motifs is 1. The lowest BCUT2D eigenvalue weighted by Crippen LogP contribution is -2.49. The van der Waals surface area contributed by atoms with Gasteiger partial charge in [0.1, 0.15) is 11.3 Å². The molecule has 0 unspecified atom stereocenters. The number of sulfonamides is 1. The lowest BCUT2D eigenvalue weighted by atomic mass is 9.90. The molecule has 3 heterocycles. The van der Waals surface area contributed by atoms with Crippen LogP contribution in [-0.2, 0) is 22.7 Å². The maximum absolute atomic E-state index is 13.7. The van der Waals surface area contributed by atoms with E-state index in [-0.39, 0.29) is 29.9 Å². The van der Waals surface area contributed by atoms with E-state index in [4.69, 9.17) is 4.99 Å². The topological polar surface area (TPSA) is 121 Å². The highest BCUT2D eigenvalue weighted by atomic mass is 32.2. The van der Waals surface area contributed by atoms with E-state index in [2.05, 4.69) is 39.0 Å². The lowest BCUT2D eigenvalue weighted by molar-refractivity contribution is -0.139. The molecule has 0 saturated heterocycles. The van der Waals surface area contributed by atoms with Crippen LogP contribution in [0, 0.1) is 0 Å². The van der Waals surface area contributed by atoms with Crippen molar-refractivity contribution in [1.82, 2.24) is 19.5 Å². The molecule has 1 saturated carbocycles. The summed E-state index contributed by atoms with van der Waals surface area (Å²) in [6.45, 7) is 4.12. The van der Waals surface area contributed by atoms with Crippen LogP contribution in [0.3, 0.4) is 0 Å². The van der Waals surface area contributed by atoms with Gasteiger partial charge >= 0.3 is 6.18 Å². The van der Waals surface area contributed by atoms with Gasteiger partial charge in [0.05, 0.1) is 17.0 Å². The average molecular weight is 632 g/mol. The highest BCUT2D eigenvalue weighted by Crippen LogP contribution is 2.34. The number of aromatic nitrogens is 1. The third kappa shape index (κ3) is 6.65. The first kappa shape index (κ1) is 31.6. The van der Waals surface area contributed by atoms with Gasteiger partial charge in [-0.05, 0) is 89.9 Å². The van der Waals surface area contributed by atoms with Gasteiger partial charge in [0, 0.05) is 35.1 Å². The predicted molar refractivity (Wildman–Crippen MR) is 162 cm³/mol. The molecule has 3 aliphatic rings. The van der Waals surface area contributed by atoms with Crippen molar-refractivity contribution in [3.05, 3.63) is 74.4 Å².